The highest BCUT2D eigenvalue weighted by Crippen LogP contribution is 2.68. The number of rotatable bonds is 4. The summed E-state index contributed by atoms with van der Waals surface area (Å²) in [6, 6.07) is 6.22. The third-order valence-corrected chi connectivity index (χ3v) is 5.48. The summed E-state index contributed by atoms with van der Waals surface area (Å²) in [5.74, 6) is 0.681. The Kier molecular flexibility index (Phi) is 3.38. The van der Waals surface area contributed by atoms with Gasteiger partial charge in [0.2, 0.25) is 0 Å². The van der Waals surface area contributed by atoms with Gasteiger partial charge in [-0.15, -0.1) is 0 Å². The molecule has 1 aromatic rings. The Balaban J connectivity index is 2.11. The molecule has 1 saturated carbocycles. The SMILES string of the molecule is Cc1ccc(NCC2C(C)(C)C2(C)C)c(C(N)=S)c1. The van der Waals surface area contributed by atoms with Gasteiger partial charge in [-0.25, -0.2) is 0 Å². The van der Waals surface area contributed by atoms with Crippen LogP contribution in [-0.4, -0.2) is 11.5 Å². The van der Waals surface area contributed by atoms with Crippen LogP contribution in [-0.2, 0) is 0 Å². The minimum Gasteiger partial charge on any atom is -0.389 e. The maximum Gasteiger partial charge on any atom is 0.106 e. The average Bonchev–Trinajstić information content (AvgIpc) is 2.68. The van der Waals surface area contributed by atoms with Gasteiger partial charge in [0.15, 0.2) is 0 Å². The largest absolute Gasteiger partial charge is 0.389 e. The lowest BCUT2D eigenvalue weighted by molar-refractivity contribution is 0.457. The van der Waals surface area contributed by atoms with Gasteiger partial charge in [0.05, 0.1) is 0 Å². The molecule has 1 aliphatic rings. The smallest absolute Gasteiger partial charge is 0.106 e. The van der Waals surface area contributed by atoms with Crippen LogP contribution < -0.4 is 11.1 Å². The molecule has 1 fully saturated rings. The quantitative estimate of drug-likeness (QED) is 0.823. The van der Waals surface area contributed by atoms with E-state index in [-0.39, 0.29) is 0 Å². The van der Waals surface area contributed by atoms with E-state index in [9.17, 15) is 0 Å². The normalized spacial score (nSPS) is 20.1. The highest BCUT2D eigenvalue weighted by atomic mass is 32.1. The molecule has 0 aliphatic heterocycles. The van der Waals surface area contributed by atoms with E-state index in [0.717, 1.165) is 17.8 Å². The van der Waals surface area contributed by atoms with Crippen LogP contribution in [0, 0.1) is 23.7 Å². The first-order valence-electron chi connectivity index (χ1n) is 6.82. The summed E-state index contributed by atoms with van der Waals surface area (Å²) >= 11 is 5.13. The van der Waals surface area contributed by atoms with E-state index < -0.39 is 0 Å². The van der Waals surface area contributed by atoms with Crippen molar-refractivity contribution in [3.05, 3.63) is 29.3 Å². The fraction of sp³-hybridized carbons (Fsp3) is 0.562. The molecule has 2 nitrogen and oxygen atoms in total. The molecule has 1 aliphatic carbocycles. The number of thiocarbonyl (C=S) groups is 1. The van der Waals surface area contributed by atoms with Crippen molar-refractivity contribution in [3.63, 3.8) is 0 Å². The van der Waals surface area contributed by atoms with Crippen molar-refractivity contribution < 1.29 is 0 Å². The molecule has 1 aromatic carbocycles. The molecule has 0 spiro atoms. The number of hydrogen-bond acceptors (Lipinski definition) is 2. The molecule has 0 aromatic heterocycles. The highest BCUT2D eigenvalue weighted by Gasteiger charge is 2.64. The number of aryl methyl sites for hydroxylation is 1. The number of hydrogen-bond donors (Lipinski definition) is 2. The molecular formula is C16H24N2S. The predicted octanol–water partition coefficient (Wildman–Crippen LogP) is 3.72. The Labute approximate surface area is 121 Å². The monoisotopic (exact) mass is 276 g/mol. The van der Waals surface area contributed by atoms with Gasteiger partial charge in [0.1, 0.15) is 4.99 Å². The number of nitrogens with one attached hydrogen (secondary N) is 1. The van der Waals surface area contributed by atoms with Crippen molar-refractivity contribution in [2.24, 2.45) is 22.5 Å². The van der Waals surface area contributed by atoms with Gasteiger partial charge in [-0.1, -0.05) is 51.5 Å². The Bertz CT molecular complexity index is 503. The van der Waals surface area contributed by atoms with Gasteiger partial charge >= 0.3 is 0 Å². The number of anilines is 1. The third-order valence-electron chi connectivity index (χ3n) is 5.26. The van der Waals surface area contributed by atoms with Crippen LogP contribution in [0.1, 0.15) is 38.8 Å². The number of nitrogens with two attached hydrogens (primary N) is 1. The molecule has 3 heteroatoms. The second-order valence-electron chi connectivity index (χ2n) is 6.79. The topological polar surface area (TPSA) is 38.0 Å². The number of benzene rings is 1. The van der Waals surface area contributed by atoms with Gasteiger partial charge in [0, 0.05) is 17.8 Å². The minimum atomic E-state index is 0.397. The first-order chi connectivity index (χ1) is 8.68. The van der Waals surface area contributed by atoms with Gasteiger partial charge in [-0.3, -0.25) is 0 Å². The van der Waals surface area contributed by atoms with Crippen LogP contribution >= 0.6 is 12.2 Å². The fourth-order valence-electron chi connectivity index (χ4n) is 3.07. The summed E-state index contributed by atoms with van der Waals surface area (Å²) in [6.07, 6.45) is 0. The summed E-state index contributed by atoms with van der Waals surface area (Å²) in [5, 5.41) is 3.53. The highest BCUT2D eigenvalue weighted by molar-refractivity contribution is 7.80. The Morgan fingerprint density at radius 2 is 1.84 bits per heavy atom. The summed E-state index contributed by atoms with van der Waals surface area (Å²) in [5.41, 5.74) is 9.78. The molecule has 0 atom stereocenters. The first kappa shape index (κ1) is 14.3. The van der Waals surface area contributed by atoms with E-state index in [4.69, 9.17) is 18.0 Å². The summed E-state index contributed by atoms with van der Waals surface area (Å²) < 4.78 is 0. The van der Waals surface area contributed by atoms with Crippen LogP contribution in [0.4, 0.5) is 5.69 Å². The van der Waals surface area contributed by atoms with Crippen LogP contribution in [0.2, 0.25) is 0 Å². The molecule has 0 bridgehead atoms. The lowest BCUT2D eigenvalue weighted by atomic mass is 10.0. The van der Waals surface area contributed by atoms with Gasteiger partial charge in [-0.05, 0) is 35.8 Å². The summed E-state index contributed by atoms with van der Waals surface area (Å²) in [6.45, 7) is 12.4. The van der Waals surface area contributed by atoms with Crippen LogP contribution in [0.3, 0.4) is 0 Å². The van der Waals surface area contributed by atoms with E-state index in [1.54, 1.807) is 0 Å². The molecule has 0 heterocycles. The van der Waals surface area contributed by atoms with Crippen LogP contribution in [0.5, 0.6) is 0 Å². The second-order valence-corrected chi connectivity index (χ2v) is 7.23. The van der Waals surface area contributed by atoms with Crippen molar-refractivity contribution in [2.75, 3.05) is 11.9 Å². The predicted molar refractivity (Wildman–Crippen MR) is 86.6 cm³/mol. The van der Waals surface area contributed by atoms with E-state index in [1.165, 1.54) is 5.56 Å². The minimum absolute atomic E-state index is 0.397. The zero-order chi connectivity index (χ0) is 14.4. The van der Waals surface area contributed by atoms with Crippen LogP contribution in [0.25, 0.3) is 0 Å². The second kappa shape index (κ2) is 4.48. The van der Waals surface area contributed by atoms with Crippen molar-refractivity contribution in [3.8, 4) is 0 Å². The van der Waals surface area contributed by atoms with Crippen molar-refractivity contribution in [1.82, 2.24) is 0 Å². The molecule has 0 radical (unpaired) electrons. The first-order valence-corrected chi connectivity index (χ1v) is 7.23. The van der Waals surface area contributed by atoms with E-state index >= 15 is 0 Å². The molecule has 104 valence electrons. The molecule has 19 heavy (non-hydrogen) atoms. The molecule has 0 amide bonds. The molecule has 0 saturated heterocycles. The lowest BCUT2D eigenvalue weighted by Gasteiger charge is -2.13. The van der Waals surface area contributed by atoms with Gasteiger partial charge in [0.25, 0.3) is 0 Å². The molecule has 2 rings (SSSR count). The maximum absolute atomic E-state index is 5.80. The summed E-state index contributed by atoms with van der Waals surface area (Å²) in [7, 11) is 0. The standard InChI is InChI=1S/C16H24N2S/c1-10-6-7-12(11(8-10)14(17)19)18-9-13-15(2,3)16(13,4)5/h6-8,13,18H,9H2,1-5H3,(H2,17,19). The van der Waals surface area contributed by atoms with E-state index in [2.05, 4.69) is 52.1 Å². The van der Waals surface area contributed by atoms with Crippen molar-refractivity contribution in [2.45, 2.75) is 34.6 Å². The maximum atomic E-state index is 5.80. The summed E-state index contributed by atoms with van der Waals surface area (Å²) in [4.78, 5) is 0.459. The van der Waals surface area contributed by atoms with Crippen LogP contribution in [0.15, 0.2) is 18.2 Å². The fourth-order valence-corrected chi connectivity index (χ4v) is 3.24. The van der Waals surface area contributed by atoms with Gasteiger partial charge in [-0.2, -0.15) is 0 Å². The molecule has 0 unspecified atom stereocenters. The van der Waals surface area contributed by atoms with Crippen molar-refractivity contribution in [1.29, 1.82) is 0 Å². The van der Waals surface area contributed by atoms with Crippen molar-refractivity contribution >= 4 is 22.9 Å². The van der Waals surface area contributed by atoms with Gasteiger partial charge < -0.3 is 11.1 Å². The Morgan fingerprint density at radius 3 is 2.32 bits per heavy atom. The Hall–Kier alpha value is -1.09. The van der Waals surface area contributed by atoms with E-state index in [0.29, 0.717) is 21.7 Å². The third kappa shape index (κ3) is 2.36. The molecule has 3 N–H and O–H groups in total. The Morgan fingerprint density at radius 1 is 1.26 bits per heavy atom. The zero-order valence-corrected chi connectivity index (χ0v) is 13.3. The average molecular weight is 276 g/mol. The molecular weight excluding hydrogens is 252 g/mol. The zero-order valence-electron chi connectivity index (χ0n) is 12.5. The lowest BCUT2D eigenvalue weighted by Crippen LogP contribution is -2.15. The van der Waals surface area contributed by atoms with E-state index in [1.807, 2.05) is 6.07 Å².